The highest BCUT2D eigenvalue weighted by atomic mass is 28.4. The van der Waals surface area contributed by atoms with Crippen LogP contribution in [-0.4, -0.2) is 59.1 Å². The molecule has 1 N–H and O–H groups in total. The molecule has 5 rings (SSSR count). The summed E-state index contributed by atoms with van der Waals surface area (Å²) in [6, 6.07) is 0. The summed E-state index contributed by atoms with van der Waals surface area (Å²) in [5.74, 6) is 1.08. The van der Waals surface area contributed by atoms with E-state index in [1.807, 2.05) is 0 Å². The molecule has 7 heteroatoms. The van der Waals surface area contributed by atoms with Crippen molar-refractivity contribution in [2.75, 3.05) is 13.2 Å². The SMILES string of the molecule is C=C1/C(=C\C=C2/CCC[C@]3(C)[C@@H]([C@H](C)[C@@H](O)CCCC4(C5(CCC)OCCO5)CC4)CC[C@@H]23)C[C@@H](O[Si](C)(C)C(C)(C)C)C[C@@H]1O[Si](C)(C)C(C)(C)C. The summed E-state index contributed by atoms with van der Waals surface area (Å²) in [6.45, 7) is 36.8. The van der Waals surface area contributed by atoms with Crippen molar-refractivity contribution in [3.63, 3.8) is 0 Å². The lowest BCUT2D eigenvalue weighted by molar-refractivity contribution is -0.213. The third kappa shape index (κ3) is 8.97. The Balaban J connectivity index is 1.28. The second-order valence-corrected chi connectivity index (χ2v) is 31.2. The van der Waals surface area contributed by atoms with Crippen molar-refractivity contribution in [2.45, 2.75) is 213 Å². The van der Waals surface area contributed by atoms with E-state index in [0.29, 0.717) is 17.8 Å². The Morgan fingerprint density at radius 3 is 2.13 bits per heavy atom. The molecule has 0 radical (unpaired) electrons. The Bertz CT molecular complexity index is 1340. The van der Waals surface area contributed by atoms with Crippen LogP contribution >= 0.6 is 0 Å². The molecular weight excluding hydrogens is 689 g/mol. The zero-order valence-electron chi connectivity index (χ0n) is 36.7. The molecule has 1 aliphatic heterocycles. The quantitative estimate of drug-likeness (QED) is 0.178. The number of fused-ring (bicyclic) bond motifs is 1. The predicted octanol–water partition coefficient (Wildman–Crippen LogP) is 12.7. The van der Waals surface area contributed by atoms with E-state index in [4.69, 9.17) is 24.9 Å². The van der Waals surface area contributed by atoms with E-state index in [0.717, 1.165) is 58.2 Å². The maximum absolute atomic E-state index is 11.7. The van der Waals surface area contributed by atoms with Gasteiger partial charge in [0.1, 0.15) is 0 Å². The van der Waals surface area contributed by atoms with E-state index in [2.05, 4.69) is 101 Å². The van der Waals surface area contributed by atoms with E-state index in [1.54, 1.807) is 5.57 Å². The molecule has 4 saturated carbocycles. The van der Waals surface area contributed by atoms with Crippen molar-refractivity contribution in [1.82, 2.24) is 0 Å². The Labute approximate surface area is 328 Å². The lowest BCUT2D eigenvalue weighted by Crippen LogP contribution is -2.49. The first-order valence-electron chi connectivity index (χ1n) is 21.9. The molecule has 0 amide bonds. The monoisotopic (exact) mass is 771 g/mol. The van der Waals surface area contributed by atoms with Gasteiger partial charge in [-0.2, -0.15) is 0 Å². The van der Waals surface area contributed by atoms with Gasteiger partial charge in [0.25, 0.3) is 0 Å². The van der Waals surface area contributed by atoms with Crippen LogP contribution in [0.5, 0.6) is 0 Å². The van der Waals surface area contributed by atoms with Crippen LogP contribution in [0.4, 0.5) is 0 Å². The fourth-order valence-corrected chi connectivity index (χ4v) is 13.2. The second-order valence-electron chi connectivity index (χ2n) is 21.7. The Hall–Kier alpha value is -0.546. The smallest absolute Gasteiger partial charge is 0.192 e. The van der Waals surface area contributed by atoms with Gasteiger partial charge in [-0.1, -0.05) is 99.5 Å². The molecule has 5 aliphatic rings. The fraction of sp³-hybridized carbons (Fsp3) is 0.870. The number of ether oxygens (including phenoxy) is 2. The van der Waals surface area contributed by atoms with Gasteiger partial charge in [-0.05, 0) is 135 Å². The van der Waals surface area contributed by atoms with Crippen molar-refractivity contribution in [2.24, 2.45) is 28.6 Å². The molecule has 53 heavy (non-hydrogen) atoms. The number of rotatable bonds is 14. The number of aliphatic hydroxyl groups excluding tert-OH is 1. The van der Waals surface area contributed by atoms with E-state index in [1.165, 1.54) is 56.1 Å². The minimum Gasteiger partial charge on any atom is -0.413 e. The number of hydrogen-bond donors (Lipinski definition) is 1. The molecular formula is C46H82O5Si2. The summed E-state index contributed by atoms with van der Waals surface area (Å²) < 4.78 is 26.9. The van der Waals surface area contributed by atoms with Crippen molar-refractivity contribution >= 4 is 16.6 Å². The Morgan fingerprint density at radius 1 is 0.925 bits per heavy atom. The molecule has 0 unspecified atom stereocenters. The van der Waals surface area contributed by atoms with Crippen molar-refractivity contribution < 1.29 is 23.4 Å². The first-order chi connectivity index (χ1) is 24.5. The highest BCUT2D eigenvalue weighted by Crippen LogP contribution is 2.63. The molecule has 304 valence electrons. The highest BCUT2D eigenvalue weighted by Gasteiger charge is 2.62. The second kappa shape index (κ2) is 16.0. The largest absolute Gasteiger partial charge is 0.413 e. The van der Waals surface area contributed by atoms with Gasteiger partial charge in [-0.25, -0.2) is 0 Å². The van der Waals surface area contributed by atoms with Gasteiger partial charge in [-0.15, -0.1) is 0 Å². The van der Waals surface area contributed by atoms with E-state index >= 15 is 0 Å². The summed E-state index contributed by atoms with van der Waals surface area (Å²) in [7, 11) is -3.96. The average molecular weight is 771 g/mol. The van der Waals surface area contributed by atoms with Crippen LogP contribution in [0.3, 0.4) is 0 Å². The summed E-state index contributed by atoms with van der Waals surface area (Å²) in [4.78, 5) is 0. The van der Waals surface area contributed by atoms with Crippen LogP contribution in [0, 0.1) is 28.6 Å². The first-order valence-corrected chi connectivity index (χ1v) is 27.7. The fourth-order valence-electron chi connectivity index (χ4n) is 10.6. The molecule has 0 spiro atoms. The van der Waals surface area contributed by atoms with Crippen LogP contribution < -0.4 is 0 Å². The summed E-state index contributed by atoms with van der Waals surface area (Å²) in [5.41, 5.74) is 4.52. The molecule has 5 nitrogen and oxygen atoms in total. The van der Waals surface area contributed by atoms with Crippen LogP contribution in [0.15, 0.2) is 35.5 Å². The standard InChI is InChI=1S/C46H82O5Si2/c1-15-24-46(48-29-30-49-46)45(27-28-45)26-17-19-40(47)34(3)38-22-23-39-35(18-16-25-44(38,39)10)20-21-36-31-37(50-52(11,12)42(4,5)6)32-41(33(36)2)51-53(13,14)43(7,8)9/h20-21,34,37-41,47H,2,15-19,22-32H2,1,3-14H3/b35-20+,36-21-/t34-,37+,38+,39-,40-,41-,44+/m0/s1. The van der Waals surface area contributed by atoms with Gasteiger partial charge in [-0.3, -0.25) is 0 Å². The first kappa shape index (κ1) is 43.6. The zero-order chi connectivity index (χ0) is 39.3. The molecule has 5 fully saturated rings. The van der Waals surface area contributed by atoms with Gasteiger partial charge in [0, 0.05) is 18.3 Å². The van der Waals surface area contributed by atoms with Crippen LogP contribution in [-0.2, 0) is 18.3 Å². The lowest BCUT2D eigenvalue weighted by Gasteiger charge is -2.46. The molecule has 0 aromatic heterocycles. The molecule has 4 aliphatic carbocycles. The minimum atomic E-state index is -2.01. The lowest BCUT2D eigenvalue weighted by atomic mass is 9.60. The molecule has 0 bridgehead atoms. The zero-order valence-corrected chi connectivity index (χ0v) is 38.7. The Kier molecular flexibility index (Phi) is 13.2. The number of allylic oxidation sites excluding steroid dienone is 3. The van der Waals surface area contributed by atoms with Gasteiger partial charge >= 0.3 is 0 Å². The number of hydrogen-bond acceptors (Lipinski definition) is 5. The normalized spacial score (nSPS) is 33.4. The van der Waals surface area contributed by atoms with Gasteiger partial charge in [0.15, 0.2) is 22.4 Å². The average Bonchev–Trinajstić information content (AvgIpc) is 3.53. The maximum Gasteiger partial charge on any atom is 0.192 e. The van der Waals surface area contributed by atoms with E-state index < -0.39 is 16.6 Å². The van der Waals surface area contributed by atoms with Gasteiger partial charge in [0.05, 0.1) is 31.5 Å². The van der Waals surface area contributed by atoms with Crippen LogP contribution in [0.2, 0.25) is 36.3 Å². The molecule has 1 saturated heterocycles. The molecule has 1 heterocycles. The summed E-state index contributed by atoms with van der Waals surface area (Å²) >= 11 is 0. The van der Waals surface area contributed by atoms with Crippen molar-refractivity contribution in [3.8, 4) is 0 Å². The third-order valence-electron chi connectivity index (χ3n) is 16.2. The summed E-state index contributed by atoms with van der Waals surface area (Å²) in [6.07, 6.45) is 20.3. The van der Waals surface area contributed by atoms with Gasteiger partial charge < -0.3 is 23.4 Å². The summed E-state index contributed by atoms with van der Waals surface area (Å²) in [5, 5.41) is 12.0. The van der Waals surface area contributed by atoms with Crippen LogP contribution in [0.1, 0.15) is 152 Å². The number of aliphatic hydroxyl groups is 1. The van der Waals surface area contributed by atoms with Crippen LogP contribution in [0.25, 0.3) is 0 Å². The van der Waals surface area contributed by atoms with E-state index in [9.17, 15) is 5.11 Å². The predicted molar refractivity (Wildman–Crippen MR) is 227 cm³/mol. The topological polar surface area (TPSA) is 57.2 Å². The highest BCUT2D eigenvalue weighted by molar-refractivity contribution is 6.74. The minimum absolute atomic E-state index is 0.00377. The van der Waals surface area contributed by atoms with E-state index in [-0.39, 0.29) is 45.0 Å². The van der Waals surface area contributed by atoms with Crippen molar-refractivity contribution in [3.05, 3.63) is 35.5 Å². The van der Waals surface area contributed by atoms with Crippen molar-refractivity contribution in [1.29, 1.82) is 0 Å². The molecule has 7 atom stereocenters. The third-order valence-corrected chi connectivity index (χ3v) is 25.2. The molecule has 0 aromatic rings. The van der Waals surface area contributed by atoms with Gasteiger partial charge in [0.2, 0.25) is 0 Å². The Morgan fingerprint density at radius 2 is 1.55 bits per heavy atom. The maximum atomic E-state index is 11.7. The molecule has 0 aromatic carbocycles.